The van der Waals surface area contributed by atoms with E-state index < -0.39 is 11.6 Å². The first-order chi connectivity index (χ1) is 8.88. The van der Waals surface area contributed by atoms with E-state index in [1.54, 1.807) is 0 Å². The summed E-state index contributed by atoms with van der Waals surface area (Å²) in [4.78, 5) is 15.4. The van der Waals surface area contributed by atoms with Crippen LogP contribution in [0.4, 0.5) is 13.9 Å². The SMILES string of the molecule is CC(C)[C@@H](Br)C(=O)Nc1nc2c(F)cc(F)cc2s1. The van der Waals surface area contributed by atoms with E-state index in [4.69, 9.17) is 0 Å². The Balaban J connectivity index is 2.27. The third kappa shape index (κ3) is 3.09. The zero-order valence-corrected chi connectivity index (χ0v) is 12.6. The van der Waals surface area contributed by atoms with Gasteiger partial charge in [0.2, 0.25) is 5.91 Å². The number of fused-ring (bicyclic) bond motifs is 1. The third-order valence-electron chi connectivity index (χ3n) is 2.48. The lowest BCUT2D eigenvalue weighted by Crippen LogP contribution is -2.26. The summed E-state index contributed by atoms with van der Waals surface area (Å²) in [5.74, 6) is -1.53. The number of aromatic nitrogens is 1. The Morgan fingerprint density at radius 2 is 2.11 bits per heavy atom. The molecule has 1 aromatic heterocycles. The molecule has 0 aliphatic rings. The van der Waals surface area contributed by atoms with Gasteiger partial charge in [0.1, 0.15) is 11.3 Å². The molecule has 7 heteroatoms. The average Bonchev–Trinajstić information content (AvgIpc) is 2.70. The molecule has 0 bridgehead atoms. The second-order valence-electron chi connectivity index (χ2n) is 4.39. The lowest BCUT2D eigenvalue weighted by Gasteiger charge is -2.11. The van der Waals surface area contributed by atoms with Crippen LogP contribution in [0.3, 0.4) is 0 Å². The fraction of sp³-hybridized carbons (Fsp3) is 0.333. The molecule has 102 valence electrons. The molecule has 0 saturated heterocycles. The summed E-state index contributed by atoms with van der Waals surface area (Å²) in [7, 11) is 0. The standard InChI is InChI=1S/C12H11BrF2N2OS/c1-5(2)9(13)11(18)17-12-16-10-7(15)3-6(14)4-8(10)19-12/h3-5,9H,1-2H3,(H,16,17,18)/t9-/m1/s1. The van der Waals surface area contributed by atoms with Gasteiger partial charge >= 0.3 is 0 Å². The molecule has 1 aromatic carbocycles. The topological polar surface area (TPSA) is 42.0 Å². The minimum atomic E-state index is -0.731. The lowest BCUT2D eigenvalue weighted by atomic mass is 10.1. The van der Waals surface area contributed by atoms with E-state index in [1.165, 1.54) is 6.07 Å². The van der Waals surface area contributed by atoms with Crippen molar-refractivity contribution in [3.05, 3.63) is 23.8 Å². The van der Waals surface area contributed by atoms with Crippen LogP contribution in [-0.2, 0) is 4.79 Å². The first kappa shape index (κ1) is 14.3. The van der Waals surface area contributed by atoms with Gasteiger partial charge in [-0.15, -0.1) is 0 Å². The summed E-state index contributed by atoms with van der Waals surface area (Å²) in [5, 5.41) is 2.85. The van der Waals surface area contributed by atoms with E-state index in [-0.39, 0.29) is 27.3 Å². The molecule has 0 fully saturated rings. The molecule has 1 atom stereocenters. The lowest BCUT2D eigenvalue weighted by molar-refractivity contribution is -0.116. The van der Waals surface area contributed by atoms with Gasteiger partial charge in [0.15, 0.2) is 10.9 Å². The Hall–Kier alpha value is -1.08. The summed E-state index contributed by atoms with van der Waals surface area (Å²) in [6.45, 7) is 3.79. The molecule has 1 heterocycles. The molecule has 0 saturated carbocycles. The van der Waals surface area contributed by atoms with Crippen LogP contribution >= 0.6 is 27.3 Å². The van der Waals surface area contributed by atoms with Crippen molar-refractivity contribution in [3.63, 3.8) is 0 Å². The Kier molecular flexibility index (Phi) is 4.15. The predicted molar refractivity (Wildman–Crippen MR) is 75.7 cm³/mol. The van der Waals surface area contributed by atoms with Crippen molar-refractivity contribution in [1.82, 2.24) is 4.98 Å². The smallest absolute Gasteiger partial charge is 0.240 e. The maximum Gasteiger partial charge on any atom is 0.240 e. The minimum absolute atomic E-state index is 0.0670. The zero-order valence-electron chi connectivity index (χ0n) is 10.2. The van der Waals surface area contributed by atoms with Crippen LogP contribution in [0.25, 0.3) is 10.2 Å². The highest BCUT2D eigenvalue weighted by molar-refractivity contribution is 9.10. The number of halogens is 3. The molecule has 0 radical (unpaired) electrons. The first-order valence-electron chi connectivity index (χ1n) is 5.59. The number of hydrogen-bond acceptors (Lipinski definition) is 3. The van der Waals surface area contributed by atoms with Crippen LogP contribution in [0.15, 0.2) is 12.1 Å². The molecule has 1 amide bonds. The van der Waals surface area contributed by atoms with Crippen molar-refractivity contribution in [2.24, 2.45) is 5.92 Å². The van der Waals surface area contributed by atoms with Gasteiger partial charge < -0.3 is 5.32 Å². The maximum absolute atomic E-state index is 13.5. The van der Waals surface area contributed by atoms with Crippen LogP contribution in [-0.4, -0.2) is 15.7 Å². The monoisotopic (exact) mass is 348 g/mol. The highest BCUT2D eigenvalue weighted by atomic mass is 79.9. The van der Waals surface area contributed by atoms with Crippen molar-refractivity contribution in [1.29, 1.82) is 0 Å². The van der Waals surface area contributed by atoms with Crippen molar-refractivity contribution >= 4 is 48.5 Å². The Morgan fingerprint density at radius 1 is 1.42 bits per heavy atom. The molecule has 0 spiro atoms. The van der Waals surface area contributed by atoms with Crippen molar-refractivity contribution in [3.8, 4) is 0 Å². The van der Waals surface area contributed by atoms with Gasteiger partial charge in [-0.05, 0) is 12.0 Å². The van der Waals surface area contributed by atoms with Gasteiger partial charge in [-0.2, -0.15) is 0 Å². The van der Waals surface area contributed by atoms with Gasteiger partial charge in [-0.25, -0.2) is 13.8 Å². The Morgan fingerprint density at radius 3 is 2.74 bits per heavy atom. The van der Waals surface area contributed by atoms with E-state index in [0.717, 1.165) is 17.4 Å². The van der Waals surface area contributed by atoms with Gasteiger partial charge in [-0.1, -0.05) is 41.1 Å². The number of thiazole rings is 1. The Bertz CT molecular complexity index is 629. The summed E-state index contributed by atoms with van der Waals surface area (Å²) in [6.07, 6.45) is 0. The number of carbonyl (C=O) groups is 1. The number of rotatable bonds is 3. The normalized spacial score (nSPS) is 12.9. The van der Waals surface area contributed by atoms with Crippen LogP contribution in [0.2, 0.25) is 0 Å². The van der Waals surface area contributed by atoms with Gasteiger partial charge in [0.05, 0.1) is 9.53 Å². The van der Waals surface area contributed by atoms with Crippen LogP contribution in [0, 0.1) is 17.6 Å². The van der Waals surface area contributed by atoms with Crippen LogP contribution in [0.5, 0.6) is 0 Å². The highest BCUT2D eigenvalue weighted by Crippen LogP contribution is 2.29. The molecule has 3 nitrogen and oxygen atoms in total. The second kappa shape index (κ2) is 5.50. The zero-order chi connectivity index (χ0) is 14.2. The summed E-state index contributed by atoms with van der Waals surface area (Å²) >= 11 is 4.30. The predicted octanol–water partition coefficient (Wildman–Crippen LogP) is 3.93. The summed E-state index contributed by atoms with van der Waals surface area (Å²) in [5.41, 5.74) is 0.0670. The van der Waals surface area contributed by atoms with Crippen LogP contribution in [0.1, 0.15) is 13.8 Å². The van der Waals surface area contributed by atoms with E-state index in [0.29, 0.717) is 4.70 Å². The molecule has 0 aliphatic heterocycles. The molecule has 0 aliphatic carbocycles. The first-order valence-corrected chi connectivity index (χ1v) is 7.32. The van der Waals surface area contributed by atoms with E-state index in [1.807, 2.05) is 13.8 Å². The number of alkyl halides is 1. The summed E-state index contributed by atoms with van der Waals surface area (Å²) < 4.78 is 26.9. The fourth-order valence-corrected chi connectivity index (χ4v) is 2.51. The van der Waals surface area contributed by atoms with Gasteiger partial charge in [0, 0.05) is 6.07 Å². The number of nitrogens with zero attached hydrogens (tertiary/aromatic N) is 1. The number of carbonyl (C=O) groups excluding carboxylic acids is 1. The van der Waals surface area contributed by atoms with E-state index >= 15 is 0 Å². The van der Waals surface area contributed by atoms with Crippen molar-refractivity contribution in [2.45, 2.75) is 18.7 Å². The van der Waals surface area contributed by atoms with Crippen molar-refractivity contribution in [2.75, 3.05) is 5.32 Å². The molecule has 19 heavy (non-hydrogen) atoms. The fourth-order valence-electron chi connectivity index (χ4n) is 1.49. The van der Waals surface area contributed by atoms with Gasteiger partial charge in [0.25, 0.3) is 0 Å². The molecule has 2 rings (SSSR count). The largest absolute Gasteiger partial charge is 0.301 e. The molecule has 0 unspecified atom stereocenters. The van der Waals surface area contributed by atoms with Gasteiger partial charge in [-0.3, -0.25) is 4.79 Å². The van der Waals surface area contributed by atoms with Crippen LogP contribution < -0.4 is 5.32 Å². The molecular formula is C12H11BrF2N2OS. The Labute approximate surface area is 121 Å². The summed E-state index contributed by atoms with van der Waals surface area (Å²) in [6, 6.07) is 1.97. The quantitative estimate of drug-likeness (QED) is 0.853. The second-order valence-corrected chi connectivity index (χ2v) is 6.41. The molecule has 2 aromatic rings. The number of hydrogen-bond donors (Lipinski definition) is 1. The van der Waals surface area contributed by atoms with E-state index in [2.05, 4.69) is 26.2 Å². The maximum atomic E-state index is 13.5. The number of nitrogens with one attached hydrogen (secondary N) is 1. The number of anilines is 1. The number of benzene rings is 1. The molecular weight excluding hydrogens is 338 g/mol. The third-order valence-corrected chi connectivity index (χ3v) is 4.87. The number of amides is 1. The molecule has 1 N–H and O–H groups in total. The van der Waals surface area contributed by atoms with E-state index in [9.17, 15) is 13.6 Å². The van der Waals surface area contributed by atoms with Crippen molar-refractivity contribution < 1.29 is 13.6 Å². The minimum Gasteiger partial charge on any atom is -0.301 e. The average molecular weight is 349 g/mol. The highest BCUT2D eigenvalue weighted by Gasteiger charge is 2.20.